The van der Waals surface area contributed by atoms with Crippen molar-refractivity contribution in [1.82, 2.24) is 15.3 Å². The number of nitrogens with one attached hydrogen (secondary N) is 2. The maximum absolute atomic E-state index is 11.8. The van der Waals surface area contributed by atoms with Crippen LogP contribution in [0.3, 0.4) is 0 Å². The predicted octanol–water partition coefficient (Wildman–Crippen LogP) is 1.86. The van der Waals surface area contributed by atoms with Gasteiger partial charge >= 0.3 is 5.97 Å². The van der Waals surface area contributed by atoms with Gasteiger partial charge in [-0.15, -0.1) is 0 Å². The normalized spacial score (nSPS) is 12.2. The molecule has 2 aromatic rings. The van der Waals surface area contributed by atoms with Gasteiger partial charge in [-0.3, -0.25) is 4.79 Å². The third-order valence-electron chi connectivity index (χ3n) is 3.24. The number of carboxylic acids is 1. The molecule has 6 nitrogen and oxygen atoms in total. The summed E-state index contributed by atoms with van der Waals surface area (Å²) < 4.78 is 0. The molecule has 0 saturated carbocycles. The molecule has 0 radical (unpaired) electrons. The van der Waals surface area contributed by atoms with Crippen LogP contribution >= 0.6 is 0 Å². The highest BCUT2D eigenvalue weighted by Crippen LogP contribution is 2.11. The highest BCUT2D eigenvalue weighted by Gasteiger charge is 2.18. The average molecular weight is 289 g/mol. The van der Waals surface area contributed by atoms with Crippen molar-refractivity contribution in [2.75, 3.05) is 0 Å². The molecule has 1 heterocycles. The first kappa shape index (κ1) is 15.0. The molecule has 1 atom stereocenters. The van der Waals surface area contributed by atoms with Crippen LogP contribution in [-0.2, 0) is 16.0 Å². The molecular formula is C15H19N3O3. The summed E-state index contributed by atoms with van der Waals surface area (Å²) in [4.78, 5) is 30.3. The van der Waals surface area contributed by atoms with Crippen LogP contribution < -0.4 is 5.32 Å². The molecule has 3 N–H and O–H groups in total. The fourth-order valence-corrected chi connectivity index (χ4v) is 2.17. The van der Waals surface area contributed by atoms with Gasteiger partial charge < -0.3 is 15.4 Å². The predicted molar refractivity (Wildman–Crippen MR) is 78.9 cm³/mol. The molecule has 1 aromatic carbocycles. The Bertz CT molecular complexity index is 603. The summed E-state index contributed by atoms with van der Waals surface area (Å²) in [5.74, 6) is -0.529. The zero-order valence-corrected chi connectivity index (χ0v) is 11.9. The lowest BCUT2D eigenvalue weighted by atomic mass is 10.1. The summed E-state index contributed by atoms with van der Waals surface area (Å²) in [6.45, 7) is 1.89. The minimum absolute atomic E-state index is 0.216. The lowest BCUT2D eigenvalue weighted by Crippen LogP contribution is -2.40. The number of para-hydroxylation sites is 2. The second-order valence-corrected chi connectivity index (χ2v) is 4.95. The molecule has 0 unspecified atom stereocenters. The van der Waals surface area contributed by atoms with Gasteiger partial charge in [-0.05, 0) is 18.6 Å². The van der Waals surface area contributed by atoms with E-state index in [4.69, 9.17) is 5.11 Å². The fourth-order valence-electron chi connectivity index (χ4n) is 2.17. The molecule has 0 aliphatic carbocycles. The smallest absolute Gasteiger partial charge is 0.326 e. The Morgan fingerprint density at radius 2 is 2.14 bits per heavy atom. The van der Waals surface area contributed by atoms with Crippen molar-refractivity contribution < 1.29 is 14.7 Å². The number of carbonyl (C=O) groups is 2. The van der Waals surface area contributed by atoms with Gasteiger partial charge in [0, 0.05) is 12.8 Å². The monoisotopic (exact) mass is 289 g/mol. The Hall–Kier alpha value is -2.37. The van der Waals surface area contributed by atoms with Crippen molar-refractivity contribution in [3.8, 4) is 0 Å². The number of benzene rings is 1. The van der Waals surface area contributed by atoms with E-state index in [-0.39, 0.29) is 12.3 Å². The molecule has 0 aliphatic heterocycles. The van der Waals surface area contributed by atoms with Gasteiger partial charge in [0.25, 0.3) is 0 Å². The molecule has 6 heteroatoms. The first-order valence-electron chi connectivity index (χ1n) is 7.06. The van der Waals surface area contributed by atoms with E-state index in [1.807, 2.05) is 31.2 Å². The minimum Gasteiger partial charge on any atom is -0.480 e. The number of carboxylic acid groups (broad SMARTS) is 1. The minimum atomic E-state index is -0.992. The summed E-state index contributed by atoms with van der Waals surface area (Å²) in [6, 6.07) is 6.84. The number of carbonyl (C=O) groups excluding carboxylic acids is 1. The molecule has 1 amide bonds. The van der Waals surface area contributed by atoms with E-state index < -0.39 is 12.0 Å². The van der Waals surface area contributed by atoms with Gasteiger partial charge in [0.1, 0.15) is 11.9 Å². The van der Waals surface area contributed by atoms with E-state index in [0.29, 0.717) is 19.3 Å². The number of imidazole rings is 1. The average Bonchev–Trinajstić information content (AvgIpc) is 2.87. The van der Waals surface area contributed by atoms with Crippen molar-refractivity contribution in [2.45, 2.75) is 38.6 Å². The SMILES string of the molecule is CCC[C@@H](NC(=O)CCc1nc2ccccc2[nH]1)C(=O)O. The van der Waals surface area contributed by atoms with Gasteiger partial charge in [0.2, 0.25) is 5.91 Å². The van der Waals surface area contributed by atoms with Crippen LogP contribution in [0.1, 0.15) is 32.0 Å². The Morgan fingerprint density at radius 3 is 2.81 bits per heavy atom. The Kier molecular flexibility index (Phi) is 4.92. The van der Waals surface area contributed by atoms with E-state index in [1.54, 1.807) is 0 Å². The number of aryl methyl sites for hydroxylation is 1. The van der Waals surface area contributed by atoms with Gasteiger partial charge in [-0.2, -0.15) is 0 Å². The van der Waals surface area contributed by atoms with E-state index in [1.165, 1.54) is 0 Å². The number of hydrogen-bond acceptors (Lipinski definition) is 3. The maximum atomic E-state index is 11.8. The van der Waals surface area contributed by atoms with Crippen molar-refractivity contribution in [1.29, 1.82) is 0 Å². The second kappa shape index (κ2) is 6.88. The Balaban J connectivity index is 1.89. The van der Waals surface area contributed by atoms with Crippen LogP contribution in [-0.4, -0.2) is 33.0 Å². The van der Waals surface area contributed by atoms with Crippen LogP contribution in [0.15, 0.2) is 24.3 Å². The van der Waals surface area contributed by atoms with Crippen LogP contribution in [0.5, 0.6) is 0 Å². The summed E-state index contributed by atoms with van der Waals surface area (Å²) in [7, 11) is 0. The molecule has 0 aliphatic rings. The Morgan fingerprint density at radius 1 is 1.38 bits per heavy atom. The molecule has 21 heavy (non-hydrogen) atoms. The molecular weight excluding hydrogens is 270 g/mol. The third kappa shape index (κ3) is 4.05. The molecule has 0 fully saturated rings. The summed E-state index contributed by atoms with van der Waals surface area (Å²) in [6.07, 6.45) is 1.82. The van der Waals surface area contributed by atoms with Crippen LogP contribution in [0.25, 0.3) is 11.0 Å². The van der Waals surface area contributed by atoms with Crippen molar-refractivity contribution >= 4 is 22.9 Å². The first-order chi connectivity index (χ1) is 10.1. The lowest BCUT2D eigenvalue weighted by Gasteiger charge is -2.12. The molecule has 0 bridgehead atoms. The van der Waals surface area contributed by atoms with Gasteiger partial charge in [-0.25, -0.2) is 9.78 Å². The Labute approximate surface area is 122 Å². The van der Waals surface area contributed by atoms with Gasteiger partial charge in [0.05, 0.1) is 11.0 Å². The van der Waals surface area contributed by atoms with E-state index in [9.17, 15) is 9.59 Å². The number of H-pyrrole nitrogens is 1. The second-order valence-electron chi connectivity index (χ2n) is 4.95. The summed E-state index contributed by atoms with van der Waals surface area (Å²) in [5.41, 5.74) is 1.80. The van der Waals surface area contributed by atoms with Crippen LogP contribution in [0, 0.1) is 0 Å². The fraction of sp³-hybridized carbons (Fsp3) is 0.400. The number of nitrogens with zero attached hydrogens (tertiary/aromatic N) is 1. The number of aromatic amines is 1. The number of aromatic nitrogens is 2. The maximum Gasteiger partial charge on any atom is 0.326 e. The quantitative estimate of drug-likeness (QED) is 0.725. The van der Waals surface area contributed by atoms with Crippen molar-refractivity contribution in [3.63, 3.8) is 0 Å². The number of fused-ring (bicyclic) bond motifs is 1. The van der Waals surface area contributed by atoms with E-state index >= 15 is 0 Å². The number of aliphatic carboxylic acids is 1. The highest BCUT2D eigenvalue weighted by molar-refractivity contribution is 5.83. The van der Waals surface area contributed by atoms with Crippen molar-refractivity contribution in [2.24, 2.45) is 0 Å². The van der Waals surface area contributed by atoms with Crippen LogP contribution in [0.2, 0.25) is 0 Å². The summed E-state index contributed by atoms with van der Waals surface area (Å²) >= 11 is 0. The van der Waals surface area contributed by atoms with Crippen molar-refractivity contribution in [3.05, 3.63) is 30.1 Å². The molecule has 112 valence electrons. The molecule has 0 spiro atoms. The highest BCUT2D eigenvalue weighted by atomic mass is 16.4. The standard InChI is InChI=1S/C15H19N3O3/c1-2-5-12(15(20)21)18-14(19)9-8-13-16-10-6-3-4-7-11(10)17-13/h3-4,6-7,12H,2,5,8-9H2,1H3,(H,16,17)(H,18,19)(H,20,21)/t12-/m1/s1. The zero-order chi connectivity index (χ0) is 15.2. The lowest BCUT2D eigenvalue weighted by molar-refractivity contribution is -0.142. The third-order valence-corrected chi connectivity index (χ3v) is 3.24. The van der Waals surface area contributed by atoms with Gasteiger partial charge in [-0.1, -0.05) is 25.5 Å². The largest absolute Gasteiger partial charge is 0.480 e. The van der Waals surface area contributed by atoms with Crippen LogP contribution in [0.4, 0.5) is 0 Å². The molecule has 0 saturated heterocycles. The summed E-state index contributed by atoms with van der Waals surface area (Å²) in [5, 5.41) is 11.5. The zero-order valence-electron chi connectivity index (χ0n) is 11.9. The van der Waals surface area contributed by atoms with E-state index in [0.717, 1.165) is 16.9 Å². The number of hydrogen-bond donors (Lipinski definition) is 3. The first-order valence-corrected chi connectivity index (χ1v) is 7.06. The number of rotatable bonds is 7. The van der Waals surface area contributed by atoms with E-state index in [2.05, 4.69) is 15.3 Å². The number of amides is 1. The topological polar surface area (TPSA) is 95.1 Å². The van der Waals surface area contributed by atoms with Gasteiger partial charge in [0.15, 0.2) is 0 Å². The molecule has 1 aromatic heterocycles. The molecule has 2 rings (SSSR count).